The minimum absolute atomic E-state index is 0.0618. The Morgan fingerprint density at radius 1 is 0.855 bits per heavy atom. The molecule has 0 radical (unpaired) electrons. The van der Waals surface area contributed by atoms with E-state index in [0.717, 1.165) is 66.8 Å². The summed E-state index contributed by atoms with van der Waals surface area (Å²) in [5, 5.41) is 2.65. The number of rotatable bonds is 7. The fourth-order valence-corrected chi connectivity index (χ4v) is 9.91. The van der Waals surface area contributed by atoms with Gasteiger partial charge < -0.3 is 14.5 Å². The summed E-state index contributed by atoms with van der Waals surface area (Å²) < 4.78 is 6.32. The molecule has 2 unspecified atom stereocenters. The van der Waals surface area contributed by atoms with E-state index in [-0.39, 0.29) is 24.9 Å². The number of likely N-dealkylation sites (tertiary alicyclic amines) is 1. The lowest BCUT2D eigenvalue weighted by atomic mass is 9.95. The minimum atomic E-state index is -0.969. The van der Waals surface area contributed by atoms with E-state index in [1.807, 2.05) is 23.1 Å². The van der Waals surface area contributed by atoms with Crippen LogP contribution in [0.1, 0.15) is 93.6 Å². The average Bonchev–Trinajstić information content (AvgIpc) is 3.78. The van der Waals surface area contributed by atoms with Crippen LogP contribution in [0.25, 0.3) is 4.85 Å². The third-order valence-electron chi connectivity index (χ3n) is 12.4. The number of carbonyl (C=O) groups excluding carboxylic acids is 5. The van der Waals surface area contributed by atoms with Crippen molar-refractivity contribution < 1.29 is 28.7 Å². The van der Waals surface area contributed by atoms with Gasteiger partial charge in [-0.1, -0.05) is 17.7 Å². The first-order chi connectivity index (χ1) is 26.6. The topological polar surface area (TPSA) is 124 Å². The van der Waals surface area contributed by atoms with Crippen molar-refractivity contribution in [3.8, 4) is 5.75 Å². The Hall–Kier alpha value is -5.25. The smallest absolute Gasteiger partial charge is 0.262 e. The SMILES string of the molecule is [C-]#[N+]c1ccc(OC2CC3CCC(C2)N3c2ccc(C(=O)N3CCC(CN4Cc5cc6c(cc5C4)C(=O)N([C@@H]4CCC(=O)NC4=O)C6=O)CC3)cc2)cc1Cl. The Morgan fingerprint density at radius 2 is 1.51 bits per heavy atom. The Balaban J connectivity index is 0.760. The van der Waals surface area contributed by atoms with Crippen LogP contribution in [0, 0.1) is 12.5 Å². The summed E-state index contributed by atoms with van der Waals surface area (Å²) in [7, 11) is 0. The number of benzene rings is 3. The number of carbonyl (C=O) groups is 5. The van der Waals surface area contributed by atoms with Crippen molar-refractivity contribution in [1.29, 1.82) is 0 Å². The van der Waals surface area contributed by atoms with E-state index >= 15 is 0 Å². The predicted molar refractivity (Wildman–Crippen MR) is 203 cm³/mol. The summed E-state index contributed by atoms with van der Waals surface area (Å²) in [6.07, 6.45) is 6.15. The van der Waals surface area contributed by atoms with Gasteiger partial charge in [0.15, 0.2) is 0 Å². The van der Waals surface area contributed by atoms with Crippen molar-refractivity contribution in [1.82, 2.24) is 20.0 Å². The number of nitrogens with zero attached hydrogens (tertiary/aromatic N) is 5. The van der Waals surface area contributed by atoms with Gasteiger partial charge in [0.1, 0.15) is 17.9 Å². The molecule has 4 fully saturated rings. The monoisotopic (exact) mass is 760 g/mol. The Labute approximate surface area is 324 Å². The van der Waals surface area contributed by atoms with E-state index in [9.17, 15) is 24.0 Å². The standard InChI is InChI=1S/C42H41ClN6O6/c1-44-36-9-8-31(20-35(36)43)55-32-18-29-6-7-30(19-32)48(29)28-4-2-25(3-5-28)40(52)47-14-12-24(13-15-47)21-46-22-26-16-33-34(17-27(26)23-46)42(54)49(41(33)53)37-10-11-38(50)45-39(37)51/h2-5,8-9,16-17,20,24,29-30,32,37H,6-7,10-15,18-19,21-23H2,(H,45,50,51)/t29?,30?,32?,37-/m1/s1. The number of hydrogen-bond acceptors (Lipinski definition) is 8. The summed E-state index contributed by atoms with van der Waals surface area (Å²) in [5.74, 6) is -0.764. The second-order valence-electron chi connectivity index (χ2n) is 15.8. The Morgan fingerprint density at radius 3 is 2.11 bits per heavy atom. The zero-order valence-electron chi connectivity index (χ0n) is 30.3. The molecule has 55 heavy (non-hydrogen) atoms. The van der Waals surface area contributed by atoms with Crippen LogP contribution in [0.3, 0.4) is 0 Å². The molecule has 282 valence electrons. The third kappa shape index (κ3) is 6.53. The van der Waals surface area contributed by atoms with E-state index in [2.05, 4.69) is 32.1 Å². The molecule has 3 atom stereocenters. The number of halogens is 1. The fourth-order valence-electron chi connectivity index (χ4n) is 9.70. The maximum absolute atomic E-state index is 13.6. The van der Waals surface area contributed by atoms with Crippen LogP contribution in [0.2, 0.25) is 5.02 Å². The van der Waals surface area contributed by atoms with E-state index in [0.29, 0.717) is 77.3 Å². The van der Waals surface area contributed by atoms with Gasteiger partial charge in [0.25, 0.3) is 17.7 Å². The molecule has 1 N–H and O–H groups in total. The first-order valence-corrected chi connectivity index (χ1v) is 19.6. The molecule has 0 aliphatic carbocycles. The molecule has 6 aliphatic heterocycles. The number of amides is 5. The van der Waals surface area contributed by atoms with Gasteiger partial charge in [-0.3, -0.25) is 39.1 Å². The molecule has 3 aromatic rings. The second-order valence-corrected chi connectivity index (χ2v) is 16.2. The van der Waals surface area contributed by atoms with Gasteiger partial charge in [0.2, 0.25) is 17.5 Å². The van der Waals surface area contributed by atoms with Gasteiger partial charge in [0, 0.05) is 75.3 Å². The van der Waals surface area contributed by atoms with Crippen molar-refractivity contribution >= 4 is 52.5 Å². The molecular formula is C42H41ClN6O6. The summed E-state index contributed by atoms with van der Waals surface area (Å²) >= 11 is 6.24. The second kappa shape index (κ2) is 14.1. The average molecular weight is 761 g/mol. The lowest BCUT2D eigenvalue weighted by molar-refractivity contribution is -0.136. The number of piperidine rings is 3. The molecule has 0 aromatic heterocycles. The molecule has 0 saturated carbocycles. The van der Waals surface area contributed by atoms with Gasteiger partial charge in [-0.15, -0.1) is 0 Å². The Bertz CT molecular complexity index is 2100. The first-order valence-electron chi connectivity index (χ1n) is 19.2. The predicted octanol–water partition coefficient (Wildman–Crippen LogP) is 5.74. The van der Waals surface area contributed by atoms with Gasteiger partial charge >= 0.3 is 0 Å². The van der Waals surface area contributed by atoms with Crippen molar-refractivity contribution in [2.24, 2.45) is 5.92 Å². The number of ether oxygens (including phenoxy) is 1. The minimum Gasteiger partial charge on any atom is -0.490 e. The van der Waals surface area contributed by atoms with Gasteiger partial charge in [-0.25, -0.2) is 4.85 Å². The molecule has 3 aromatic carbocycles. The summed E-state index contributed by atoms with van der Waals surface area (Å²) in [4.78, 5) is 75.5. The molecule has 5 amide bonds. The highest BCUT2D eigenvalue weighted by atomic mass is 35.5. The number of imide groups is 2. The normalized spacial score (nSPS) is 25.2. The first kappa shape index (κ1) is 35.5. The van der Waals surface area contributed by atoms with Crippen LogP contribution >= 0.6 is 11.6 Å². The van der Waals surface area contributed by atoms with E-state index in [1.54, 1.807) is 24.3 Å². The van der Waals surface area contributed by atoms with Gasteiger partial charge in [0.05, 0.1) is 22.7 Å². The molecule has 2 bridgehead atoms. The highest BCUT2D eigenvalue weighted by Crippen LogP contribution is 2.41. The number of anilines is 1. The van der Waals surface area contributed by atoms with Gasteiger partial charge in [-0.05, 0) is 97.7 Å². The number of nitrogens with one attached hydrogen (secondary N) is 1. The Kier molecular flexibility index (Phi) is 9.10. The fraction of sp³-hybridized carbons (Fsp3) is 0.429. The van der Waals surface area contributed by atoms with Gasteiger partial charge in [-0.2, -0.15) is 0 Å². The lowest BCUT2D eigenvalue weighted by Gasteiger charge is -2.40. The molecule has 12 nitrogen and oxygen atoms in total. The quantitative estimate of drug-likeness (QED) is 0.239. The number of fused-ring (bicyclic) bond motifs is 4. The molecular weight excluding hydrogens is 720 g/mol. The molecule has 6 aliphatic rings. The van der Waals surface area contributed by atoms with E-state index in [4.69, 9.17) is 22.9 Å². The molecule has 13 heteroatoms. The maximum atomic E-state index is 13.6. The maximum Gasteiger partial charge on any atom is 0.262 e. The molecule has 9 rings (SSSR count). The lowest BCUT2D eigenvalue weighted by Crippen LogP contribution is -2.54. The van der Waals surface area contributed by atoms with Crippen molar-refractivity contribution in [2.45, 2.75) is 88.7 Å². The molecule has 0 spiro atoms. The molecule has 4 saturated heterocycles. The van der Waals surface area contributed by atoms with E-state index < -0.39 is 29.7 Å². The highest BCUT2D eigenvalue weighted by molar-refractivity contribution is 6.33. The number of hydrogen-bond donors (Lipinski definition) is 1. The van der Waals surface area contributed by atoms with Crippen LogP contribution in [0.15, 0.2) is 54.6 Å². The zero-order chi connectivity index (χ0) is 38.0. The zero-order valence-corrected chi connectivity index (χ0v) is 31.1. The van der Waals surface area contributed by atoms with Crippen molar-refractivity contribution in [3.05, 3.63) is 98.9 Å². The summed E-state index contributed by atoms with van der Waals surface area (Å²) in [6.45, 7) is 10.8. The van der Waals surface area contributed by atoms with Crippen LogP contribution < -0.4 is 15.0 Å². The van der Waals surface area contributed by atoms with Crippen LogP contribution in [0.5, 0.6) is 5.75 Å². The van der Waals surface area contributed by atoms with Crippen molar-refractivity contribution in [3.63, 3.8) is 0 Å². The van der Waals surface area contributed by atoms with Crippen LogP contribution in [0.4, 0.5) is 11.4 Å². The van der Waals surface area contributed by atoms with E-state index in [1.165, 1.54) is 0 Å². The summed E-state index contributed by atoms with van der Waals surface area (Å²) in [5.41, 5.74) is 4.95. The largest absolute Gasteiger partial charge is 0.490 e. The van der Waals surface area contributed by atoms with Crippen molar-refractivity contribution in [2.75, 3.05) is 24.5 Å². The van der Waals surface area contributed by atoms with Crippen LogP contribution in [-0.4, -0.2) is 88.1 Å². The highest BCUT2D eigenvalue weighted by Gasteiger charge is 2.46. The molecule has 6 heterocycles. The van der Waals surface area contributed by atoms with Crippen LogP contribution in [-0.2, 0) is 22.7 Å². The summed E-state index contributed by atoms with van der Waals surface area (Å²) in [6, 6.07) is 16.7. The third-order valence-corrected chi connectivity index (χ3v) is 12.7.